The highest BCUT2D eigenvalue weighted by Crippen LogP contribution is 2.33. The average molecular weight is 201 g/mol. The second kappa shape index (κ2) is 4.26. The predicted molar refractivity (Wildman–Crippen MR) is 48.4 cm³/mol. The highest BCUT2D eigenvalue weighted by molar-refractivity contribution is 5.41. The van der Waals surface area contributed by atoms with Gasteiger partial charge in [0.2, 0.25) is 0 Å². The zero-order valence-corrected chi connectivity index (χ0v) is 7.44. The molecule has 1 atom stereocenters. The van der Waals surface area contributed by atoms with Gasteiger partial charge in [-0.2, -0.15) is 0 Å². The zero-order valence-electron chi connectivity index (χ0n) is 7.44. The summed E-state index contributed by atoms with van der Waals surface area (Å²) in [5.41, 5.74) is 4.87. The summed E-state index contributed by atoms with van der Waals surface area (Å²) < 4.78 is 13.2. The van der Waals surface area contributed by atoms with Crippen molar-refractivity contribution < 1.29 is 19.7 Å². The van der Waals surface area contributed by atoms with Crippen LogP contribution in [0.25, 0.3) is 0 Å². The summed E-state index contributed by atoms with van der Waals surface area (Å²) in [5, 5.41) is 27.7. The van der Waals surface area contributed by atoms with Gasteiger partial charge in [-0.3, -0.25) is 0 Å². The van der Waals surface area contributed by atoms with E-state index < -0.39 is 17.7 Å². The molecule has 0 saturated carbocycles. The first kappa shape index (κ1) is 10.7. The Bertz CT molecular complexity index is 330. The standard InChI is InChI=1S/C9H12FNO3/c10-9-7(14)2-1-5(12)8(9)6(13)3-4-11/h1-2,6,12-14H,3-4,11H2. The fourth-order valence-corrected chi connectivity index (χ4v) is 1.19. The van der Waals surface area contributed by atoms with Crippen molar-refractivity contribution in [3.63, 3.8) is 0 Å². The van der Waals surface area contributed by atoms with Crippen molar-refractivity contribution in [2.75, 3.05) is 6.54 Å². The molecule has 0 aromatic heterocycles. The van der Waals surface area contributed by atoms with Crippen LogP contribution in [-0.4, -0.2) is 21.9 Å². The van der Waals surface area contributed by atoms with Crippen LogP contribution in [0.15, 0.2) is 12.1 Å². The maximum absolute atomic E-state index is 13.2. The minimum atomic E-state index is -1.20. The van der Waals surface area contributed by atoms with Crippen molar-refractivity contribution in [1.29, 1.82) is 0 Å². The molecule has 1 unspecified atom stereocenters. The number of aliphatic hydroxyl groups is 1. The molecule has 4 nitrogen and oxygen atoms in total. The van der Waals surface area contributed by atoms with E-state index in [0.717, 1.165) is 12.1 Å². The lowest BCUT2D eigenvalue weighted by Crippen LogP contribution is -2.08. The van der Waals surface area contributed by atoms with Gasteiger partial charge >= 0.3 is 0 Å². The minimum Gasteiger partial charge on any atom is -0.507 e. The number of hydrogen-bond acceptors (Lipinski definition) is 4. The van der Waals surface area contributed by atoms with E-state index in [0.29, 0.717) is 0 Å². The second-order valence-electron chi connectivity index (χ2n) is 2.92. The normalized spacial score (nSPS) is 12.8. The molecule has 0 radical (unpaired) electrons. The van der Waals surface area contributed by atoms with Gasteiger partial charge in [-0.15, -0.1) is 0 Å². The first-order chi connectivity index (χ1) is 6.57. The third-order valence-electron chi connectivity index (χ3n) is 1.91. The molecule has 1 rings (SSSR count). The van der Waals surface area contributed by atoms with Crippen LogP contribution in [0.3, 0.4) is 0 Å². The molecule has 78 valence electrons. The van der Waals surface area contributed by atoms with Gasteiger partial charge in [-0.25, -0.2) is 4.39 Å². The van der Waals surface area contributed by atoms with Gasteiger partial charge in [0.15, 0.2) is 11.6 Å². The molecule has 0 saturated heterocycles. The zero-order chi connectivity index (χ0) is 10.7. The molecule has 0 bridgehead atoms. The molecule has 0 aliphatic heterocycles. The summed E-state index contributed by atoms with van der Waals surface area (Å²) in [5.74, 6) is -2.00. The van der Waals surface area contributed by atoms with Crippen LogP contribution in [0.4, 0.5) is 4.39 Å². The molecule has 0 aliphatic carbocycles. The molecule has 0 fully saturated rings. The van der Waals surface area contributed by atoms with E-state index in [1.807, 2.05) is 0 Å². The van der Waals surface area contributed by atoms with Gasteiger partial charge < -0.3 is 21.1 Å². The van der Waals surface area contributed by atoms with E-state index in [2.05, 4.69) is 0 Å². The largest absolute Gasteiger partial charge is 0.507 e. The van der Waals surface area contributed by atoms with E-state index in [4.69, 9.17) is 10.8 Å². The molecular formula is C9H12FNO3. The van der Waals surface area contributed by atoms with Crippen LogP contribution in [-0.2, 0) is 0 Å². The Morgan fingerprint density at radius 3 is 2.43 bits per heavy atom. The van der Waals surface area contributed by atoms with Crippen LogP contribution < -0.4 is 5.73 Å². The van der Waals surface area contributed by atoms with Gasteiger partial charge in [0.05, 0.1) is 11.7 Å². The fourth-order valence-electron chi connectivity index (χ4n) is 1.19. The van der Waals surface area contributed by atoms with Gasteiger partial charge in [-0.1, -0.05) is 0 Å². The summed E-state index contributed by atoms with van der Waals surface area (Å²) >= 11 is 0. The number of phenolic OH excluding ortho intramolecular Hbond substituents is 2. The Morgan fingerprint density at radius 1 is 1.29 bits per heavy atom. The number of aromatic hydroxyl groups is 2. The Morgan fingerprint density at radius 2 is 1.86 bits per heavy atom. The number of rotatable bonds is 3. The highest BCUT2D eigenvalue weighted by atomic mass is 19.1. The van der Waals surface area contributed by atoms with Crippen molar-refractivity contribution in [2.45, 2.75) is 12.5 Å². The first-order valence-corrected chi connectivity index (χ1v) is 4.16. The number of halogens is 1. The minimum absolute atomic E-state index is 0.119. The smallest absolute Gasteiger partial charge is 0.174 e. The molecule has 5 heteroatoms. The van der Waals surface area contributed by atoms with Crippen LogP contribution in [0.2, 0.25) is 0 Å². The first-order valence-electron chi connectivity index (χ1n) is 4.16. The van der Waals surface area contributed by atoms with E-state index >= 15 is 0 Å². The number of aliphatic hydroxyl groups excluding tert-OH is 1. The summed E-state index contributed by atoms with van der Waals surface area (Å²) in [6, 6.07) is 2.14. The van der Waals surface area contributed by atoms with Crippen LogP contribution in [0.5, 0.6) is 11.5 Å². The maximum Gasteiger partial charge on any atom is 0.174 e. The quantitative estimate of drug-likeness (QED) is 0.540. The third kappa shape index (κ3) is 1.94. The van der Waals surface area contributed by atoms with Crippen molar-refractivity contribution in [3.8, 4) is 11.5 Å². The van der Waals surface area contributed by atoms with Gasteiger partial charge in [0.1, 0.15) is 5.75 Å². The number of nitrogens with two attached hydrogens (primary N) is 1. The molecule has 0 aliphatic rings. The van der Waals surface area contributed by atoms with Crippen molar-refractivity contribution in [1.82, 2.24) is 0 Å². The molecule has 0 heterocycles. The third-order valence-corrected chi connectivity index (χ3v) is 1.91. The lowest BCUT2D eigenvalue weighted by Gasteiger charge is -2.12. The number of hydrogen-bond donors (Lipinski definition) is 4. The van der Waals surface area contributed by atoms with Crippen LogP contribution in [0.1, 0.15) is 18.1 Å². The lowest BCUT2D eigenvalue weighted by atomic mass is 10.0. The summed E-state index contributed by atoms with van der Waals surface area (Å²) in [6.07, 6.45) is -1.08. The van der Waals surface area contributed by atoms with Gasteiger partial charge in [0.25, 0.3) is 0 Å². The number of benzene rings is 1. The van der Waals surface area contributed by atoms with E-state index in [1.165, 1.54) is 0 Å². The SMILES string of the molecule is NCCC(O)c1c(O)ccc(O)c1F. The summed E-state index contributed by atoms with van der Waals surface area (Å²) in [7, 11) is 0. The predicted octanol–water partition coefficient (Wildman–Crippen LogP) is 0.619. The van der Waals surface area contributed by atoms with Gasteiger partial charge in [0, 0.05) is 0 Å². The molecule has 5 N–H and O–H groups in total. The Balaban J connectivity index is 3.11. The van der Waals surface area contributed by atoms with Crippen molar-refractivity contribution in [3.05, 3.63) is 23.5 Å². The Hall–Kier alpha value is -1.33. The molecule has 14 heavy (non-hydrogen) atoms. The molecule has 1 aromatic carbocycles. The van der Waals surface area contributed by atoms with E-state index in [9.17, 15) is 14.6 Å². The Labute approximate surface area is 80.4 Å². The van der Waals surface area contributed by atoms with Crippen LogP contribution in [0, 0.1) is 5.82 Å². The van der Waals surface area contributed by atoms with Crippen LogP contribution >= 0.6 is 0 Å². The summed E-state index contributed by atoms with van der Waals surface area (Å²) in [6.45, 7) is 0.162. The van der Waals surface area contributed by atoms with Crippen molar-refractivity contribution in [2.24, 2.45) is 5.73 Å². The van der Waals surface area contributed by atoms with E-state index in [-0.39, 0.29) is 24.3 Å². The molecule has 0 spiro atoms. The topological polar surface area (TPSA) is 86.7 Å². The molecular weight excluding hydrogens is 189 g/mol. The van der Waals surface area contributed by atoms with E-state index in [1.54, 1.807) is 0 Å². The highest BCUT2D eigenvalue weighted by Gasteiger charge is 2.19. The number of phenols is 2. The van der Waals surface area contributed by atoms with Gasteiger partial charge in [-0.05, 0) is 25.1 Å². The fraction of sp³-hybridized carbons (Fsp3) is 0.333. The van der Waals surface area contributed by atoms with Crippen molar-refractivity contribution >= 4 is 0 Å². The molecule has 1 aromatic rings. The average Bonchev–Trinajstić information content (AvgIpc) is 2.13. The molecule has 0 amide bonds. The maximum atomic E-state index is 13.2. The summed E-state index contributed by atoms with van der Waals surface area (Å²) in [4.78, 5) is 0. The second-order valence-corrected chi connectivity index (χ2v) is 2.92. The monoisotopic (exact) mass is 201 g/mol. The Kier molecular flexibility index (Phi) is 3.27. The lowest BCUT2D eigenvalue weighted by molar-refractivity contribution is 0.160.